The summed E-state index contributed by atoms with van der Waals surface area (Å²) in [5, 5.41) is 31.9. The molecule has 2 aromatic carbocycles. The van der Waals surface area contributed by atoms with E-state index in [1.807, 2.05) is 26.0 Å². The number of anilines is 1. The number of amides is 2. The number of allylic oxidation sites excluding steroid dienone is 2. The SMILES string of the molecule is CCCC1=C([C@H](O)CC/C(=C/c2cccc(O)c2)CCC)[C@H](CO)[C@@H]2C(=O)N(c3cc(C(F)(F)F)cc(C(F)(F)F)c3)C(=O)[C@@H]2C1. The highest BCUT2D eigenvalue weighted by molar-refractivity contribution is 6.22. The van der Waals surface area contributed by atoms with Crippen LogP contribution in [0, 0.1) is 17.8 Å². The minimum atomic E-state index is -5.18. The van der Waals surface area contributed by atoms with Gasteiger partial charge in [-0.25, -0.2) is 4.90 Å². The lowest BCUT2D eigenvalue weighted by Crippen LogP contribution is -2.39. The fraction of sp³-hybridized carbons (Fsp3) is 0.471. The Balaban J connectivity index is 1.68. The van der Waals surface area contributed by atoms with Crippen LogP contribution in [0.2, 0.25) is 0 Å². The normalized spacial score (nSPS) is 21.7. The van der Waals surface area contributed by atoms with Crippen molar-refractivity contribution in [3.05, 3.63) is 75.9 Å². The maximum Gasteiger partial charge on any atom is 0.416 e. The molecule has 12 heteroatoms. The number of imide groups is 1. The smallest absolute Gasteiger partial charge is 0.416 e. The number of aromatic hydroxyl groups is 1. The number of hydrogen-bond acceptors (Lipinski definition) is 5. The highest BCUT2D eigenvalue weighted by Crippen LogP contribution is 2.49. The van der Waals surface area contributed by atoms with Gasteiger partial charge in [0.25, 0.3) is 0 Å². The van der Waals surface area contributed by atoms with Gasteiger partial charge in [0.05, 0.1) is 41.4 Å². The molecule has 0 saturated carbocycles. The predicted octanol–water partition coefficient (Wildman–Crippen LogP) is 7.67. The maximum atomic E-state index is 13.8. The third-order valence-electron chi connectivity index (χ3n) is 8.67. The zero-order valence-electron chi connectivity index (χ0n) is 25.5. The van der Waals surface area contributed by atoms with Crippen LogP contribution >= 0.6 is 0 Å². The molecule has 2 aliphatic rings. The van der Waals surface area contributed by atoms with Crippen molar-refractivity contribution in [2.45, 2.75) is 77.2 Å². The van der Waals surface area contributed by atoms with E-state index < -0.39 is 71.4 Å². The van der Waals surface area contributed by atoms with Crippen molar-refractivity contribution in [2.24, 2.45) is 17.8 Å². The Labute approximate surface area is 263 Å². The van der Waals surface area contributed by atoms with E-state index in [4.69, 9.17) is 0 Å². The molecule has 3 N–H and O–H groups in total. The molecule has 4 rings (SSSR count). The number of benzene rings is 2. The van der Waals surface area contributed by atoms with Crippen LogP contribution < -0.4 is 4.90 Å². The number of phenols is 1. The van der Waals surface area contributed by atoms with Crippen molar-refractivity contribution >= 4 is 23.6 Å². The zero-order valence-corrected chi connectivity index (χ0v) is 25.5. The zero-order chi connectivity index (χ0) is 34.0. The fourth-order valence-electron chi connectivity index (χ4n) is 6.74. The van der Waals surface area contributed by atoms with Gasteiger partial charge in [-0.1, -0.05) is 56.0 Å². The monoisotopic (exact) mass is 653 g/mol. The molecule has 1 aliphatic carbocycles. The van der Waals surface area contributed by atoms with E-state index in [0.717, 1.165) is 17.6 Å². The number of carbonyl (C=O) groups excluding carboxylic acids is 2. The van der Waals surface area contributed by atoms with Crippen molar-refractivity contribution in [3.8, 4) is 5.75 Å². The first-order chi connectivity index (χ1) is 21.6. The maximum absolute atomic E-state index is 13.8. The molecule has 0 spiro atoms. The van der Waals surface area contributed by atoms with Crippen molar-refractivity contribution < 1.29 is 51.3 Å². The molecule has 250 valence electrons. The lowest BCUT2D eigenvalue weighted by atomic mass is 9.67. The number of aliphatic hydroxyl groups excluding tert-OH is 2. The molecule has 2 amide bonds. The van der Waals surface area contributed by atoms with E-state index in [9.17, 15) is 51.3 Å². The lowest BCUT2D eigenvalue weighted by molar-refractivity contribution is -0.143. The van der Waals surface area contributed by atoms with E-state index in [0.29, 0.717) is 53.9 Å². The van der Waals surface area contributed by atoms with Crippen LogP contribution in [0.25, 0.3) is 6.08 Å². The highest BCUT2D eigenvalue weighted by Gasteiger charge is 2.55. The predicted molar refractivity (Wildman–Crippen MR) is 159 cm³/mol. The molecule has 0 unspecified atom stereocenters. The largest absolute Gasteiger partial charge is 0.508 e. The quantitative estimate of drug-likeness (QED) is 0.131. The Morgan fingerprint density at radius 3 is 2.15 bits per heavy atom. The van der Waals surface area contributed by atoms with Crippen LogP contribution in [0.1, 0.15) is 75.5 Å². The third-order valence-corrected chi connectivity index (χ3v) is 8.67. The standard InChI is InChI=1S/C34H37F6NO5/c1-3-6-19(12-20-8-5-9-25(43)13-20)10-11-28(44)29-21(7-4-2)14-26-30(27(29)18-42)32(46)41(31(26)45)24-16-22(33(35,36)37)15-23(17-24)34(38,39)40/h5,8-9,12-13,15-17,26-28,30,42-44H,3-4,6-7,10-11,14,18H2,1-2H3/b19-12+/t26-,27+,28-,30-/m1/s1. The van der Waals surface area contributed by atoms with E-state index >= 15 is 0 Å². The average Bonchev–Trinajstić information content (AvgIpc) is 3.23. The summed E-state index contributed by atoms with van der Waals surface area (Å²) < 4.78 is 81.5. The fourth-order valence-corrected chi connectivity index (χ4v) is 6.74. The number of nitrogens with zero attached hydrogens (tertiary/aromatic N) is 1. The van der Waals surface area contributed by atoms with Crippen LogP contribution in [0.3, 0.4) is 0 Å². The molecular weight excluding hydrogens is 616 g/mol. The molecule has 1 aliphatic heterocycles. The van der Waals surface area contributed by atoms with Crippen LogP contribution in [0.15, 0.2) is 59.2 Å². The number of carbonyl (C=O) groups is 2. The van der Waals surface area contributed by atoms with E-state index in [1.54, 1.807) is 18.2 Å². The van der Waals surface area contributed by atoms with Crippen molar-refractivity contribution in [1.82, 2.24) is 0 Å². The van der Waals surface area contributed by atoms with Gasteiger partial charge in [-0.2, -0.15) is 26.3 Å². The minimum absolute atomic E-state index is 0.0193. The summed E-state index contributed by atoms with van der Waals surface area (Å²) in [5.41, 5.74) is -1.36. The third kappa shape index (κ3) is 7.49. The van der Waals surface area contributed by atoms with Gasteiger partial charge < -0.3 is 15.3 Å². The summed E-state index contributed by atoms with van der Waals surface area (Å²) in [7, 11) is 0. The molecular formula is C34H37F6NO5. The van der Waals surface area contributed by atoms with E-state index in [2.05, 4.69) is 0 Å². The first-order valence-electron chi connectivity index (χ1n) is 15.3. The number of fused-ring (bicyclic) bond motifs is 1. The number of halogens is 6. The molecule has 1 heterocycles. The van der Waals surface area contributed by atoms with Gasteiger partial charge in [-0.15, -0.1) is 0 Å². The van der Waals surface area contributed by atoms with Gasteiger partial charge in [0.15, 0.2) is 0 Å². The number of rotatable bonds is 11. The van der Waals surface area contributed by atoms with Gasteiger partial charge in [-0.3, -0.25) is 9.59 Å². The summed E-state index contributed by atoms with van der Waals surface area (Å²) in [6.45, 7) is 3.20. The molecule has 0 radical (unpaired) electrons. The number of phenolic OH excluding ortho intramolecular Hbond substituents is 1. The van der Waals surface area contributed by atoms with Crippen LogP contribution in [0.4, 0.5) is 32.0 Å². The molecule has 2 aromatic rings. The molecule has 46 heavy (non-hydrogen) atoms. The van der Waals surface area contributed by atoms with Gasteiger partial charge in [-0.05, 0) is 73.6 Å². The summed E-state index contributed by atoms with van der Waals surface area (Å²) in [4.78, 5) is 27.7. The van der Waals surface area contributed by atoms with Gasteiger partial charge in [0.2, 0.25) is 11.8 Å². The van der Waals surface area contributed by atoms with Crippen molar-refractivity contribution in [3.63, 3.8) is 0 Å². The van der Waals surface area contributed by atoms with E-state index in [-0.39, 0.29) is 24.7 Å². The minimum Gasteiger partial charge on any atom is -0.508 e. The Morgan fingerprint density at radius 2 is 1.61 bits per heavy atom. The molecule has 1 saturated heterocycles. The number of hydrogen-bond donors (Lipinski definition) is 3. The molecule has 0 bridgehead atoms. The lowest BCUT2D eigenvalue weighted by Gasteiger charge is -2.36. The summed E-state index contributed by atoms with van der Waals surface area (Å²) in [5.74, 6) is -5.31. The molecule has 1 fully saturated rings. The highest BCUT2D eigenvalue weighted by atomic mass is 19.4. The second-order valence-electron chi connectivity index (χ2n) is 11.9. The molecule has 6 nitrogen and oxygen atoms in total. The summed E-state index contributed by atoms with van der Waals surface area (Å²) >= 11 is 0. The van der Waals surface area contributed by atoms with Crippen molar-refractivity contribution in [1.29, 1.82) is 0 Å². The second kappa shape index (κ2) is 14.0. The molecule has 4 atom stereocenters. The number of alkyl halides is 6. The topological polar surface area (TPSA) is 98.1 Å². The van der Waals surface area contributed by atoms with Gasteiger partial charge in [0, 0.05) is 5.92 Å². The first-order valence-corrected chi connectivity index (χ1v) is 15.3. The second-order valence-corrected chi connectivity index (χ2v) is 11.9. The van der Waals surface area contributed by atoms with Crippen LogP contribution in [-0.4, -0.2) is 39.8 Å². The van der Waals surface area contributed by atoms with Gasteiger partial charge in [0.1, 0.15) is 5.75 Å². The van der Waals surface area contributed by atoms with E-state index in [1.165, 1.54) is 0 Å². The Hall–Kier alpha value is -3.64. The Bertz CT molecular complexity index is 1480. The average molecular weight is 654 g/mol. The summed E-state index contributed by atoms with van der Waals surface area (Å²) in [6, 6.07) is 7.31. The Kier molecular flexibility index (Phi) is 10.7. The molecule has 0 aromatic heterocycles. The summed E-state index contributed by atoms with van der Waals surface area (Å²) in [6.07, 6.45) is -6.44. The first kappa shape index (κ1) is 35.2. The van der Waals surface area contributed by atoms with Crippen LogP contribution in [0.5, 0.6) is 5.75 Å². The number of aliphatic hydroxyl groups is 2. The van der Waals surface area contributed by atoms with Crippen LogP contribution in [-0.2, 0) is 21.9 Å². The van der Waals surface area contributed by atoms with Gasteiger partial charge >= 0.3 is 12.4 Å². The van der Waals surface area contributed by atoms with Crippen molar-refractivity contribution in [2.75, 3.05) is 11.5 Å². The Morgan fingerprint density at radius 1 is 0.957 bits per heavy atom.